The van der Waals surface area contributed by atoms with Crippen LogP contribution in [-0.2, 0) is 14.3 Å². The second-order valence-corrected chi connectivity index (χ2v) is 3.03. The van der Waals surface area contributed by atoms with E-state index in [1.807, 2.05) is 0 Å². The second kappa shape index (κ2) is 4.79. The molecule has 84 valence electrons. The fraction of sp³-hybridized carbons (Fsp3) is 0.556. The fourth-order valence-corrected chi connectivity index (χ4v) is 1.26. The van der Waals surface area contributed by atoms with Gasteiger partial charge in [0.15, 0.2) is 6.10 Å². The Labute approximate surface area is 88.0 Å². The Bertz CT molecular complexity index is 279. The highest BCUT2D eigenvalue weighted by molar-refractivity contribution is 5.86. The maximum Gasteiger partial charge on any atom is 0.429 e. The van der Waals surface area contributed by atoms with Crippen LogP contribution in [0.2, 0.25) is 0 Å². The Morgan fingerprint density at radius 3 is 2.87 bits per heavy atom. The van der Waals surface area contributed by atoms with E-state index in [4.69, 9.17) is 9.47 Å². The molecule has 1 atom stereocenters. The molecule has 0 bridgehead atoms. The molecule has 0 aromatic rings. The van der Waals surface area contributed by atoms with Crippen molar-refractivity contribution in [3.8, 4) is 0 Å². The van der Waals surface area contributed by atoms with Crippen molar-refractivity contribution in [2.24, 2.45) is 0 Å². The molecule has 0 radical (unpaired) electrons. The van der Waals surface area contributed by atoms with Gasteiger partial charge in [-0.1, -0.05) is 12.7 Å². The quantitative estimate of drug-likeness (QED) is 0.621. The van der Waals surface area contributed by atoms with Crippen LogP contribution in [0.25, 0.3) is 0 Å². The highest BCUT2D eigenvalue weighted by Gasteiger charge is 2.39. The molecular weight excluding hydrogens is 200 g/mol. The Morgan fingerprint density at radius 2 is 2.40 bits per heavy atom. The van der Waals surface area contributed by atoms with Crippen LogP contribution in [0, 0.1) is 0 Å². The van der Waals surface area contributed by atoms with Crippen LogP contribution < -0.4 is 0 Å². The maximum absolute atomic E-state index is 11.5. The Kier molecular flexibility index (Phi) is 3.68. The van der Waals surface area contributed by atoms with Gasteiger partial charge in [0.1, 0.15) is 6.61 Å². The summed E-state index contributed by atoms with van der Waals surface area (Å²) in [6.45, 7) is 3.73. The van der Waals surface area contributed by atoms with Crippen LogP contribution in [0.1, 0.15) is 0 Å². The van der Waals surface area contributed by atoms with Gasteiger partial charge in [0.05, 0.1) is 6.54 Å². The van der Waals surface area contributed by atoms with Crippen molar-refractivity contribution >= 4 is 12.0 Å². The van der Waals surface area contributed by atoms with E-state index in [2.05, 4.69) is 6.58 Å². The lowest BCUT2D eigenvalue weighted by Gasteiger charge is -2.21. The minimum atomic E-state index is -0.605. The van der Waals surface area contributed by atoms with Gasteiger partial charge >= 0.3 is 6.09 Å². The van der Waals surface area contributed by atoms with E-state index in [1.54, 1.807) is 0 Å². The lowest BCUT2D eigenvalue weighted by Crippen LogP contribution is -2.40. The predicted molar refractivity (Wildman–Crippen MR) is 51.8 cm³/mol. The average molecular weight is 214 g/mol. The third-order valence-corrected chi connectivity index (χ3v) is 2.12. The summed E-state index contributed by atoms with van der Waals surface area (Å²) in [5.74, 6) is -0.256. The highest BCUT2D eigenvalue weighted by Crippen LogP contribution is 2.13. The van der Waals surface area contributed by atoms with Gasteiger partial charge in [0, 0.05) is 14.2 Å². The molecule has 15 heavy (non-hydrogen) atoms. The maximum atomic E-state index is 11.5. The van der Waals surface area contributed by atoms with Crippen LogP contribution in [0.5, 0.6) is 0 Å². The molecule has 1 saturated heterocycles. The molecule has 1 rings (SSSR count). The van der Waals surface area contributed by atoms with E-state index in [-0.39, 0.29) is 19.1 Å². The first kappa shape index (κ1) is 11.5. The molecule has 0 N–H and O–H groups in total. The number of carbonyl (C=O) groups is 2. The number of rotatable bonds is 3. The van der Waals surface area contributed by atoms with Gasteiger partial charge in [-0.3, -0.25) is 4.79 Å². The van der Waals surface area contributed by atoms with Gasteiger partial charge in [-0.05, 0) is 0 Å². The lowest BCUT2D eigenvalue weighted by molar-refractivity contribution is -0.139. The molecule has 0 spiro atoms. The average Bonchev–Trinajstić information content (AvgIpc) is 2.52. The van der Waals surface area contributed by atoms with Crippen LogP contribution in [0.15, 0.2) is 12.7 Å². The molecule has 0 saturated carbocycles. The van der Waals surface area contributed by atoms with Crippen molar-refractivity contribution in [3.05, 3.63) is 12.7 Å². The van der Waals surface area contributed by atoms with Gasteiger partial charge in [0.2, 0.25) is 0 Å². The van der Waals surface area contributed by atoms with Crippen molar-refractivity contribution in [2.45, 2.75) is 6.10 Å². The number of amides is 2. The van der Waals surface area contributed by atoms with Crippen molar-refractivity contribution < 1.29 is 19.1 Å². The first-order chi connectivity index (χ1) is 7.11. The van der Waals surface area contributed by atoms with Crippen molar-refractivity contribution in [3.63, 3.8) is 0 Å². The van der Waals surface area contributed by atoms with Crippen LogP contribution >= 0.6 is 0 Å². The first-order valence-corrected chi connectivity index (χ1v) is 4.47. The number of hydrogen-bond acceptors (Lipinski definition) is 4. The number of likely N-dealkylation sites (N-methyl/N-ethyl adjacent to an activating group) is 1. The molecule has 1 aliphatic rings. The fourth-order valence-electron chi connectivity index (χ4n) is 1.26. The topological polar surface area (TPSA) is 59.1 Å². The molecule has 1 fully saturated rings. The predicted octanol–water partition coefficient (Wildman–Crippen LogP) is 0.0130. The second-order valence-electron chi connectivity index (χ2n) is 3.03. The summed E-state index contributed by atoms with van der Waals surface area (Å²) in [5.41, 5.74) is 0. The zero-order chi connectivity index (χ0) is 11.4. The van der Waals surface area contributed by atoms with Gasteiger partial charge in [0.25, 0.3) is 5.91 Å². The van der Waals surface area contributed by atoms with E-state index in [9.17, 15) is 9.59 Å². The molecule has 6 nitrogen and oxygen atoms in total. The number of hydrazine groups is 1. The zero-order valence-corrected chi connectivity index (χ0v) is 8.80. The molecule has 0 aromatic heterocycles. The highest BCUT2D eigenvalue weighted by atomic mass is 16.6. The molecule has 0 aliphatic carbocycles. The molecule has 1 heterocycles. The number of methoxy groups -OCH3 is 1. The summed E-state index contributed by atoms with van der Waals surface area (Å²) >= 11 is 0. The molecular formula is C9H14N2O4. The minimum absolute atomic E-state index is 0.120. The summed E-state index contributed by atoms with van der Waals surface area (Å²) in [5, 5.41) is 2.39. The monoisotopic (exact) mass is 214 g/mol. The van der Waals surface area contributed by atoms with Crippen molar-refractivity contribution in [1.82, 2.24) is 10.0 Å². The van der Waals surface area contributed by atoms with E-state index in [0.717, 1.165) is 0 Å². The van der Waals surface area contributed by atoms with Gasteiger partial charge < -0.3 is 9.47 Å². The summed E-state index contributed by atoms with van der Waals surface area (Å²) in [6, 6.07) is 0. The van der Waals surface area contributed by atoms with E-state index >= 15 is 0 Å². The van der Waals surface area contributed by atoms with E-state index in [0.29, 0.717) is 0 Å². The van der Waals surface area contributed by atoms with Crippen molar-refractivity contribution in [2.75, 3.05) is 27.3 Å². The zero-order valence-electron chi connectivity index (χ0n) is 8.80. The van der Waals surface area contributed by atoms with E-state index < -0.39 is 12.2 Å². The third kappa shape index (κ3) is 2.27. The molecule has 0 aromatic carbocycles. The largest absolute Gasteiger partial charge is 0.444 e. The summed E-state index contributed by atoms with van der Waals surface area (Å²) in [7, 11) is 2.92. The third-order valence-electron chi connectivity index (χ3n) is 2.12. The normalized spacial score (nSPS) is 20.7. The number of nitrogens with zero attached hydrogens (tertiary/aromatic N) is 2. The van der Waals surface area contributed by atoms with Crippen molar-refractivity contribution in [1.29, 1.82) is 0 Å². The van der Waals surface area contributed by atoms with Crippen LogP contribution in [-0.4, -0.2) is 55.4 Å². The van der Waals surface area contributed by atoms with E-state index in [1.165, 1.54) is 30.3 Å². The van der Waals surface area contributed by atoms with Gasteiger partial charge in [-0.25, -0.2) is 14.8 Å². The molecule has 2 amide bonds. The lowest BCUT2D eigenvalue weighted by atomic mass is 10.3. The Morgan fingerprint density at radius 1 is 1.73 bits per heavy atom. The molecule has 6 heteroatoms. The first-order valence-electron chi connectivity index (χ1n) is 4.47. The minimum Gasteiger partial charge on any atom is -0.444 e. The standard InChI is InChI=1S/C9H14N2O4/c1-4-5-15-9(13)11-6-7(14-3)8(12)10(11)2/h4,7H,1,5-6H2,2-3H3. The van der Waals surface area contributed by atoms with Gasteiger partial charge in [-0.15, -0.1) is 0 Å². The number of carbonyl (C=O) groups excluding carboxylic acids is 2. The van der Waals surface area contributed by atoms with Crippen LogP contribution in [0.3, 0.4) is 0 Å². The smallest absolute Gasteiger partial charge is 0.429 e. The number of hydrogen-bond donors (Lipinski definition) is 0. The summed E-state index contributed by atoms with van der Waals surface area (Å²) < 4.78 is 9.72. The molecule has 1 unspecified atom stereocenters. The van der Waals surface area contributed by atoms with Crippen LogP contribution in [0.4, 0.5) is 4.79 Å². The molecule has 1 aliphatic heterocycles. The SMILES string of the molecule is C=CCOC(=O)N1CC(OC)C(=O)N1C. The Balaban J connectivity index is 2.60. The Hall–Kier alpha value is -1.56. The summed E-state index contributed by atoms with van der Waals surface area (Å²) in [6.07, 6.45) is 0.278. The summed E-state index contributed by atoms with van der Waals surface area (Å²) in [4.78, 5) is 22.9. The number of ether oxygens (including phenoxy) is 2. The van der Waals surface area contributed by atoms with Gasteiger partial charge in [-0.2, -0.15) is 0 Å².